The molecule has 0 saturated heterocycles. The lowest BCUT2D eigenvalue weighted by Crippen LogP contribution is -2.39. The van der Waals surface area contributed by atoms with Crippen LogP contribution in [0.25, 0.3) is 6.08 Å². The lowest BCUT2D eigenvalue weighted by atomic mass is 9.90. The van der Waals surface area contributed by atoms with Gasteiger partial charge in [0.25, 0.3) is 5.91 Å². The van der Waals surface area contributed by atoms with Gasteiger partial charge in [0.15, 0.2) is 0 Å². The van der Waals surface area contributed by atoms with E-state index in [1.54, 1.807) is 16.5 Å². The van der Waals surface area contributed by atoms with Gasteiger partial charge in [-0.1, -0.05) is 18.2 Å². The van der Waals surface area contributed by atoms with Crippen molar-refractivity contribution in [1.82, 2.24) is 9.88 Å². The lowest BCUT2D eigenvalue weighted by Gasteiger charge is -2.35. The number of amides is 1. The number of nitrogens with zero attached hydrogens (tertiary/aromatic N) is 3. The number of nitriles is 1. The zero-order valence-electron chi connectivity index (χ0n) is 14.9. The Kier molecular flexibility index (Phi) is 5.67. The number of rotatable bonds is 5. The molecule has 1 N–H and O–H groups in total. The van der Waals surface area contributed by atoms with Crippen molar-refractivity contribution in [2.75, 3.05) is 6.54 Å². The molecule has 1 aromatic heterocycles. The molecule has 3 rings (SSSR count). The number of carboxylic acid groups (broad SMARTS) is 1. The Bertz CT molecular complexity index is 928. The van der Waals surface area contributed by atoms with Gasteiger partial charge < -0.3 is 10.0 Å². The van der Waals surface area contributed by atoms with Crippen LogP contribution in [0, 0.1) is 11.3 Å². The van der Waals surface area contributed by atoms with E-state index in [4.69, 9.17) is 5.11 Å². The maximum Gasteiger partial charge on any atom is 0.303 e. The predicted octanol–water partition coefficient (Wildman–Crippen LogP) is 3.21. The van der Waals surface area contributed by atoms with Crippen molar-refractivity contribution in [3.8, 4) is 6.07 Å². The van der Waals surface area contributed by atoms with Crippen LogP contribution in [0.2, 0.25) is 0 Å². The predicted molar refractivity (Wildman–Crippen MR) is 102 cm³/mol. The Labute approximate surface area is 161 Å². The Morgan fingerprint density at radius 2 is 2.30 bits per heavy atom. The third-order valence-corrected chi connectivity index (χ3v) is 5.43. The van der Waals surface area contributed by atoms with Gasteiger partial charge >= 0.3 is 5.97 Å². The van der Waals surface area contributed by atoms with E-state index in [2.05, 4.69) is 4.98 Å². The van der Waals surface area contributed by atoms with E-state index in [1.807, 2.05) is 31.2 Å². The van der Waals surface area contributed by atoms with Gasteiger partial charge in [-0.2, -0.15) is 5.26 Å². The summed E-state index contributed by atoms with van der Waals surface area (Å²) in [5.41, 5.74) is 3.25. The fourth-order valence-electron chi connectivity index (χ4n) is 3.30. The van der Waals surface area contributed by atoms with Gasteiger partial charge in [-0.05, 0) is 42.5 Å². The molecule has 0 spiro atoms. The number of aliphatic carboxylic acids is 1. The second-order valence-corrected chi connectivity index (χ2v) is 7.32. The van der Waals surface area contributed by atoms with E-state index in [0.717, 1.165) is 16.7 Å². The Morgan fingerprint density at radius 1 is 1.48 bits per heavy atom. The zero-order valence-corrected chi connectivity index (χ0v) is 15.7. The van der Waals surface area contributed by atoms with Crippen LogP contribution < -0.4 is 0 Å². The number of hydrogen-bond donors (Lipinski definition) is 1. The molecule has 1 amide bonds. The number of benzene rings is 1. The third-order valence-electron chi connectivity index (χ3n) is 4.71. The van der Waals surface area contributed by atoms with Gasteiger partial charge in [-0.25, -0.2) is 4.98 Å². The fourth-order valence-corrected chi connectivity index (χ4v) is 3.86. The summed E-state index contributed by atoms with van der Waals surface area (Å²) in [4.78, 5) is 29.4. The van der Waals surface area contributed by atoms with Crippen molar-refractivity contribution in [2.45, 2.75) is 32.2 Å². The van der Waals surface area contributed by atoms with Crippen LogP contribution in [0.4, 0.5) is 0 Å². The third kappa shape index (κ3) is 4.23. The molecule has 0 saturated carbocycles. The van der Waals surface area contributed by atoms with Gasteiger partial charge in [0.2, 0.25) is 0 Å². The number of aromatic nitrogens is 1. The first-order valence-corrected chi connectivity index (χ1v) is 9.53. The van der Waals surface area contributed by atoms with Crippen LogP contribution in [-0.4, -0.2) is 33.4 Å². The van der Waals surface area contributed by atoms with E-state index in [0.29, 0.717) is 24.4 Å². The van der Waals surface area contributed by atoms with Crippen molar-refractivity contribution in [1.29, 1.82) is 5.26 Å². The van der Waals surface area contributed by atoms with Crippen LogP contribution in [0.5, 0.6) is 0 Å². The lowest BCUT2D eigenvalue weighted by molar-refractivity contribution is -0.137. The van der Waals surface area contributed by atoms with Gasteiger partial charge in [0.1, 0.15) is 16.6 Å². The van der Waals surface area contributed by atoms with E-state index in [1.165, 1.54) is 17.4 Å². The van der Waals surface area contributed by atoms with Crippen LogP contribution in [0.3, 0.4) is 0 Å². The molecular weight excluding hydrogens is 362 g/mol. The van der Waals surface area contributed by atoms with Gasteiger partial charge in [-0.15, -0.1) is 11.3 Å². The minimum absolute atomic E-state index is 0.0818. The fraction of sp³-hybridized carbons (Fsp3) is 0.300. The number of hydrogen-bond acceptors (Lipinski definition) is 5. The SMILES string of the molecule is CC1c2ccc(CCC(=O)O)cc2CCN1C(=O)C(C#N)=Cc1nccs1. The first-order chi connectivity index (χ1) is 13.0. The smallest absolute Gasteiger partial charge is 0.303 e. The molecule has 0 radical (unpaired) electrons. The normalized spacial score (nSPS) is 16.5. The molecular formula is C20H19N3O3S. The van der Waals surface area contributed by atoms with Crippen LogP contribution in [-0.2, 0) is 22.4 Å². The Hall–Kier alpha value is -2.98. The van der Waals surface area contributed by atoms with Crippen molar-refractivity contribution in [3.05, 3.63) is 57.0 Å². The van der Waals surface area contributed by atoms with Crippen LogP contribution >= 0.6 is 11.3 Å². The van der Waals surface area contributed by atoms with Gasteiger partial charge in [-0.3, -0.25) is 9.59 Å². The zero-order chi connectivity index (χ0) is 19.4. The number of aryl methyl sites for hydroxylation is 1. The molecule has 6 nitrogen and oxygen atoms in total. The molecule has 0 aliphatic carbocycles. The van der Waals surface area contributed by atoms with Gasteiger partial charge in [0.05, 0.1) is 6.04 Å². The summed E-state index contributed by atoms with van der Waals surface area (Å²) < 4.78 is 0. The standard InChI is InChI=1S/C20H19N3O3S/c1-13-17-4-2-14(3-5-19(24)25)10-15(17)6-8-23(13)20(26)16(12-21)11-18-22-7-9-27-18/h2,4,7,9-11,13H,3,5-6,8H2,1H3,(H,24,25). The monoisotopic (exact) mass is 381 g/mol. The van der Waals surface area contributed by atoms with E-state index < -0.39 is 5.97 Å². The van der Waals surface area contributed by atoms with Crippen molar-refractivity contribution < 1.29 is 14.7 Å². The molecule has 2 heterocycles. The average Bonchev–Trinajstić information content (AvgIpc) is 3.17. The number of fused-ring (bicyclic) bond motifs is 1. The minimum Gasteiger partial charge on any atom is -0.481 e. The molecule has 1 aliphatic heterocycles. The topological polar surface area (TPSA) is 94.3 Å². The number of carbonyl (C=O) groups excluding carboxylic acids is 1. The van der Waals surface area contributed by atoms with Crippen molar-refractivity contribution >= 4 is 29.3 Å². The molecule has 0 bridgehead atoms. The second kappa shape index (κ2) is 8.14. The summed E-state index contributed by atoms with van der Waals surface area (Å²) in [5.74, 6) is -1.10. The Balaban J connectivity index is 1.80. The molecule has 1 unspecified atom stereocenters. The van der Waals surface area contributed by atoms with E-state index in [9.17, 15) is 14.9 Å². The first kappa shape index (κ1) is 18.8. The number of carboxylic acids is 1. The highest BCUT2D eigenvalue weighted by Gasteiger charge is 2.29. The van der Waals surface area contributed by atoms with Crippen LogP contribution in [0.15, 0.2) is 35.3 Å². The summed E-state index contributed by atoms with van der Waals surface area (Å²) >= 11 is 1.38. The first-order valence-electron chi connectivity index (χ1n) is 8.65. The molecule has 7 heteroatoms. The molecule has 1 atom stereocenters. The van der Waals surface area contributed by atoms with Crippen LogP contribution in [0.1, 0.15) is 41.1 Å². The second-order valence-electron chi connectivity index (χ2n) is 6.39. The molecule has 0 fully saturated rings. The maximum absolute atomic E-state index is 12.9. The number of thiazole rings is 1. The highest BCUT2D eigenvalue weighted by atomic mass is 32.1. The largest absolute Gasteiger partial charge is 0.481 e. The van der Waals surface area contributed by atoms with Crippen molar-refractivity contribution in [2.24, 2.45) is 0 Å². The molecule has 2 aromatic rings. The highest BCUT2D eigenvalue weighted by molar-refractivity contribution is 7.10. The Morgan fingerprint density at radius 3 is 2.96 bits per heavy atom. The molecule has 1 aliphatic rings. The molecule has 27 heavy (non-hydrogen) atoms. The highest BCUT2D eigenvalue weighted by Crippen LogP contribution is 2.31. The van der Waals surface area contributed by atoms with Gasteiger partial charge in [0, 0.05) is 24.5 Å². The van der Waals surface area contributed by atoms with E-state index in [-0.39, 0.29) is 23.9 Å². The quantitative estimate of drug-likeness (QED) is 0.634. The summed E-state index contributed by atoms with van der Waals surface area (Å²) in [6.45, 7) is 2.47. The summed E-state index contributed by atoms with van der Waals surface area (Å²) in [7, 11) is 0. The van der Waals surface area contributed by atoms with Crippen molar-refractivity contribution in [3.63, 3.8) is 0 Å². The van der Waals surface area contributed by atoms with E-state index >= 15 is 0 Å². The maximum atomic E-state index is 12.9. The number of carbonyl (C=O) groups is 2. The molecule has 1 aromatic carbocycles. The minimum atomic E-state index is -0.811. The summed E-state index contributed by atoms with van der Waals surface area (Å²) in [6.07, 6.45) is 4.45. The average molecular weight is 381 g/mol. The summed E-state index contributed by atoms with van der Waals surface area (Å²) in [5, 5.41) is 20.7. The summed E-state index contributed by atoms with van der Waals surface area (Å²) in [6, 6.07) is 7.77. The molecule has 138 valence electrons.